The molecule has 0 fully saturated rings. The summed E-state index contributed by atoms with van der Waals surface area (Å²) in [6.07, 6.45) is 21.5. The van der Waals surface area contributed by atoms with Gasteiger partial charge in [0, 0.05) is 12.0 Å². The Morgan fingerprint density at radius 1 is 0.767 bits per heavy atom. The van der Waals surface area contributed by atoms with Crippen molar-refractivity contribution in [3.05, 3.63) is 0 Å². The van der Waals surface area contributed by atoms with E-state index in [1.807, 2.05) is 20.8 Å². The molecule has 0 saturated heterocycles. The molecule has 181 valence electrons. The molecule has 1 unspecified atom stereocenters. The first-order valence-corrected chi connectivity index (χ1v) is 12.6. The Hall–Kier alpha value is -0.180. The Labute approximate surface area is 191 Å². The third kappa shape index (κ3) is 21.1. The highest BCUT2D eigenvalue weighted by Gasteiger charge is 2.21. The molecular formula is C25H54N2O2P. The Bertz CT molecular complexity index is 378. The van der Waals surface area contributed by atoms with Crippen molar-refractivity contribution in [2.45, 2.75) is 149 Å². The molecule has 1 atom stereocenters. The van der Waals surface area contributed by atoms with Crippen LogP contribution >= 0.6 is 9.90 Å². The topological polar surface area (TPSA) is 61.4 Å². The highest BCUT2D eigenvalue weighted by molar-refractivity contribution is 6.92. The molecule has 0 spiro atoms. The number of unbranched alkanes of at least 4 members (excludes halogenated alkanes) is 14. The summed E-state index contributed by atoms with van der Waals surface area (Å²) in [5.41, 5.74) is -0.372. The Morgan fingerprint density at radius 2 is 1.17 bits per heavy atom. The Morgan fingerprint density at radius 3 is 1.53 bits per heavy atom. The number of nitrogens with one attached hydrogen (secondary N) is 2. The van der Waals surface area contributed by atoms with Crippen molar-refractivity contribution in [2.24, 2.45) is 0 Å². The van der Waals surface area contributed by atoms with Crippen LogP contribution in [-0.2, 0) is 4.79 Å². The van der Waals surface area contributed by atoms with E-state index in [9.17, 15) is 9.90 Å². The average molecular weight is 446 g/mol. The van der Waals surface area contributed by atoms with Gasteiger partial charge >= 0.3 is 0 Å². The molecule has 0 aliphatic carbocycles. The van der Waals surface area contributed by atoms with Crippen molar-refractivity contribution in [2.75, 3.05) is 6.61 Å². The van der Waals surface area contributed by atoms with Gasteiger partial charge in [-0.3, -0.25) is 10.1 Å². The van der Waals surface area contributed by atoms with Crippen LogP contribution in [-0.4, -0.2) is 29.3 Å². The third-order valence-corrected chi connectivity index (χ3v) is 5.71. The molecule has 0 heterocycles. The molecule has 0 saturated carbocycles. The maximum absolute atomic E-state index is 12.1. The first-order chi connectivity index (χ1) is 13.9. The van der Waals surface area contributed by atoms with Gasteiger partial charge in [-0.1, -0.05) is 104 Å². The molecule has 0 rings (SSSR count). The lowest BCUT2D eigenvalue weighted by Gasteiger charge is -2.30. The van der Waals surface area contributed by atoms with Crippen molar-refractivity contribution in [3.63, 3.8) is 0 Å². The molecule has 0 aliphatic heterocycles. The zero-order chi connectivity index (χ0) is 21.8. The van der Waals surface area contributed by atoms with Crippen LogP contribution < -0.4 is 10.6 Å². The lowest BCUT2D eigenvalue weighted by molar-refractivity contribution is -0.122. The van der Waals surface area contributed by atoms with Gasteiger partial charge in [-0.05, 0) is 26.7 Å². The number of carbonyl (C=O) groups excluding carboxylic acids is 1. The highest BCUT2D eigenvalue weighted by Crippen LogP contribution is 2.13. The van der Waals surface area contributed by atoms with Crippen LogP contribution in [0, 0.1) is 0 Å². The first kappa shape index (κ1) is 32.0. The summed E-state index contributed by atoms with van der Waals surface area (Å²) >= 11 is 0. The molecular weight excluding hydrogens is 391 g/mol. The van der Waals surface area contributed by atoms with E-state index in [1.54, 1.807) is 0 Å². The van der Waals surface area contributed by atoms with Gasteiger partial charge in [0.2, 0.25) is 5.91 Å². The van der Waals surface area contributed by atoms with Gasteiger partial charge < -0.3 is 10.4 Å². The number of hydrogen-bond donors (Lipinski definition) is 3. The predicted octanol–water partition coefficient (Wildman–Crippen LogP) is 6.79. The zero-order valence-electron chi connectivity index (χ0n) is 20.7. The van der Waals surface area contributed by atoms with Crippen molar-refractivity contribution in [1.82, 2.24) is 10.6 Å². The summed E-state index contributed by atoms with van der Waals surface area (Å²) in [7, 11) is 0. The van der Waals surface area contributed by atoms with E-state index in [0.29, 0.717) is 6.42 Å². The normalized spacial score (nSPS) is 12.4. The van der Waals surface area contributed by atoms with Crippen molar-refractivity contribution in [1.29, 1.82) is 0 Å². The summed E-state index contributed by atoms with van der Waals surface area (Å²) in [6, 6.07) is 0. The van der Waals surface area contributed by atoms with E-state index in [1.165, 1.54) is 83.5 Å². The fourth-order valence-corrected chi connectivity index (χ4v) is 3.68. The minimum absolute atomic E-state index is 0. The predicted molar refractivity (Wildman–Crippen MR) is 136 cm³/mol. The van der Waals surface area contributed by atoms with Gasteiger partial charge in [-0.15, -0.1) is 9.90 Å². The fraction of sp³-hybridized carbons (Fsp3) is 0.960. The van der Waals surface area contributed by atoms with Crippen LogP contribution in [0.5, 0.6) is 0 Å². The van der Waals surface area contributed by atoms with Gasteiger partial charge in [0.1, 0.15) is 0 Å². The van der Waals surface area contributed by atoms with Crippen LogP contribution in [0.25, 0.3) is 0 Å². The number of aliphatic hydroxyl groups excluding tert-OH is 1. The number of hydrogen-bond acceptors (Lipinski definition) is 3. The van der Waals surface area contributed by atoms with Gasteiger partial charge in [-0.2, -0.15) is 0 Å². The second kappa shape index (κ2) is 22.0. The SMILES string of the molecule is CCCCCCCCCCCCCCCCCC(=O)NC(CC)NC(C)(C)CO.[PH2]. The lowest BCUT2D eigenvalue weighted by Crippen LogP contribution is -2.55. The summed E-state index contributed by atoms with van der Waals surface area (Å²) in [5.74, 6) is 0.118. The second-order valence-corrected chi connectivity index (χ2v) is 9.41. The third-order valence-electron chi connectivity index (χ3n) is 5.71. The average Bonchev–Trinajstić information content (AvgIpc) is 2.70. The largest absolute Gasteiger partial charge is 0.394 e. The molecule has 3 N–H and O–H groups in total. The Balaban J connectivity index is 0. The van der Waals surface area contributed by atoms with Gasteiger partial charge in [0.25, 0.3) is 0 Å². The molecule has 4 nitrogen and oxygen atoms in total. The number of rotatable bonds is 21. The first-order valence-electron chi connectivity index (χ1n) is 12.6. The number of aliphatic hydroxyl groups is 1. The summed E-state index contributed by atoms with van der Waals surface area (Å²) in [6.45, 7) is 8.25. The second-order valence-electron chi connectivity index (χ2n) is 9.41. The monoisotopic (exact) mass is 445 g/mol. The lowest BCUT2D eigenvalue weighted by atomic mass is 10.0. The van der Waals surface area contributed by atoms with Crippen LogP contribution in [0.2, 0.25) is 0 Å². The quantitative estimate of drug-likeness (QED) is 0.104. The maximum Gasteiger partial charge on any atom is 0.221 e. The standard InChI is InChI=1S/C25H52N2O2.H2P/c1-5-7-8-9-10-11-12-13-14-15-16-17-18-19-20-21-24(29)26-23(6-2)27-25(3,4)22-28;/h23,27-28H,5-22H2,1-4H3,(H,26,29);1H2. The summed E-state index contributed by atoms with van der Waals surface area (Å²) < 4.78 is 0. The van der Waals surface area contributed by atoms with E-state index >= 15 is 0 Å². The van der Waals surface area contributed by atoms with Crippen LogP contribution in [0.4, 0.5) is 0 Å². The number of carbonyl (C=O) groups is 1. The van der Waals surface area contributed by atoms with Crippen LogP contribution in [0.15, 0.2) is 0 Å². The van der Waals surface area contributed by atoms with E-state index in [0.717, 1.165) is 19.3 Å². The summed E-state index contributed by atoms with van der Waals surface area (Å²) in [4.78, 5) is 12.1. The van der Waals surface area contributed by atoms with Crippen LogP contribution in [0.1, 0.15) is 137 Å². The van der Waals surface area contributed by atoms with E-state index < -0.39 is 0 Å². The minimum atomic E-state index is -0.372. The van der Waals surface area contributed by atoms with E-state index in [2.05, 4.69) is 17.6 Å². The van der Waals surface area contributed by atoms with E-state index in [-0.39, 0.29) is 34.1 Å². The van der Waals surface area contributed by atoms with Crippen molar-refractivity contribution in [3.8, 4) is 0 Å². The van der Waals surface area contributed by atoms with Gasteiger partial charge in [0.05, 0.1) is 12.8 Å². The molecule has 1 amide bonds. The molecule has 1 radical (unpaired) electrons. The van der Waals surface area contributed by atoms with Crippen molar-refractivity contribution >= 4 is 15.8 Å². The van der Waals surface area contributed by atoms with Gasteiger partial charge in [0.15, 0.2) is 0 Å². The zero-order valence-corrected chi connectivity index (χ0v) is 21.9. The van der Waals surface area contributed by atoms with Crippen molar-refractivity contribution < 1.29 is 9.90 Å². The number of amides is 1. The van der Waals surface area contributed by atoms with E-state index in [4.69, 9.17) is 0 Å². The molecule has 0 aromatic rings. The fourth-order valence-electron chi connectivity index (χ4n) is 3.68. The molecule has 0 aromatic carbocycles. The smallest absolute Gasteiger partial charge is 0.221 e. The minimum Gasteiger partial charge on any atom is -0.394 e. The maximum atomic E-state index is 12.1. The van der Waals surface area contributed by atoms with Crippen LogP contribution in [0.3, 0.4) is 0 Å². The molecule has 30 heavy (non-hydrogen) atoms. The molecule has 0 bridgehead atoms. The summed E-state index contributed by atoms with van der Waals surface area (Å²) in [5, 5.41) is 15.7. The molecule has 0 aliphatic rings. The molecule has 0 aromatic heterocycles. The Kier molecular flexibility index (Phi) is 23.5. The van der Waals surface area contributed by atoms with Gasteiger partial charge in [-0.25, -0.2) is 0 Å². The highest BCUT2D eigenvalue weighted by atomic mass is 31.0. The molecule has 5 heteroatoms.